The van der Waals surface area contributed by atoms with Gasteiger partial charge in [-0.3, -0.25) is 4.79 Å². The maximum Gasteiger partial charge on any atom is 0.293 e. The molecule has 0 radical (unpaired) electrons. The summed E-state index contributed by atoms with van der Waals surface area (Å²) < 4.78 is 1.55. The topological polar surface area (TPSA) is 50.2 Å². The van der Waals surface area contributed by atoms with Crippen LogP contribution in [-0.4, -0.2) is 40.6 Å². The molecule has 0 amide bonds. The van der Waals surface area contributed by atoms with E-state index in [1.165, 1.54) is 0 Å². The average Bonchev–Trinajstić information content (AvgIpc) is 2.28. The van der Waals surface area contributed by atoms with E-state index in [0.29, 0.717) is 17.8 Å². The van der Waals surface area contributed by atoms with Crippen molar-refractivity contribution in [3.8, 4) is 0 Å². The third kappa shape index (κ3) is 2.66. The van der Waals surface area contributed by atoms with Gasteiger partial charge >= 0.3 is 0 Å². The third-order valence-electron chi connectivity index (χ3n) is 3.45. The zero-order valence-electron chi connectivity index (χ0n) is 10.7. The van der Waals surface area contributed by atoms with Crippen LogP contribution in [0.25, 0.3) is 0 Å². The van der Waals surface area contributed by atoms with Crippen molar-refractivity contribution in [2.24, 2.45) is 13.0 Å². The number of rotatable bonds is 2. The fourth-order valence-corrected chi connectivity index (χ4v) is 2.34. The van der Waals surface area contributed by atoms with Gasteiger partial charge < -0.3 is 14.8 Å². The van der Waals surface area contributed by atoms with Crippen molar-refractivity contribution >= 4 is 5.82 Å². The van der Waals surface area contributed by atoms with E-state index in [9.17, 15) is 4.79 Å². The molecule has 1 aliphatic heterocycles. The van der Waals surface area contributed by atoms with Gasteiger partial charge in [0.2, 0.25) is 0 Å². The van der Waals surface area contributed by atoms with Gasteiger partial charge in [0.1, 0.15) is 0 Å². The number of likely N-dealkylation sites (tertiary alicyclic amines) is 1. The molecule has 1 fully saturated rings. The number of aromatic nitrogens is 2. The molecule has 1 saturated heterocycles. The Kier molecular flexibility index (Phi) is 3.47. The van der Waals surface area contributed by atoms with Gasteiger partial charge in [0.05, 0.1) is 0 Å². The van der Waals surface area contributed by atoms with Crippen molar-refractivity contribution in [1.82, 2.24) is 14.5 Å². The minimum atomic E-state index is -0.0568. The smallest absolute Gasteiger partial charge is 0.293 e. The number of piperidine rings is 1. The summed E-state index contributed by atoms with van der Waals surface area (Å²) in [6.07, 6.45) is 4.38. The van der Waals surface area contributed by atoms with Gasteiger partial charge in [0.15, 0.2) is 5.82 Å². The molecule has 0 aromatic carbocycles. The summed E-state index contributed by atoms with van der Waals surface area (Å²) in [6.45, 7) is 4.33. The van der Waals surface area contributed by atoms with Gasteiger partial charge in [0.25, 0.3) is 5.56 Å². The van der Waals surface area contributed by atoms with E-state index in [1.54, 1.807) is 24.0 Å². The minimum absolute atomic E-state index is 0.0568. The Labute approximate surface area is 101 Å². The van der Waals surface area contributed by atoms with Gasteiger partial charge in [-0.1, -0.05) is 6.92 Å². The lowest BCUT2D eigenvalue weighted by Crippen LogP contribution is -2.44. The lowest BCUT2D eigenvalue weighted by molar-refractivity contribution is 0.206. The largest absolute Gasteiger partial charge is 0.362 e. The van der Waals surface area contributed by atoms with Gasteiger partial charge in [-0.05, 0) is 25.9 Å². The summed E-state index contributed by atoms with van der Waals surface area (Å²) in [7, 11) is 3.87. The molecule has 0 spiro atoms. The molecule has 1 aliphatic rings. The summed E-state index contributed by atoms with van der Waals surface area (Å²) >= 11 is 0. The molecule has 2 atom stereocenters. The van der Waals surface area contributed by atoms with Crippen molar-refractivity contribution in [3.63, 3.8) is 0 Å². The predicted molar refractivity (Wildman–Crippen MR) is 68.2 cm³/mol. The molecule has 17 heavy (non-hydrogen) atoms. The molecule has 0 saturated carbocycles. The fraction of sp³-hybridized carbons (Fsp3) is 0.667. The molecule has 1 aromatic rings. The molecule has 5 nitrogen and oxygen atoms in total. The van der Waals surface area contributed by atoms with E-state index in [0.717, 1.165) is 19.5 Å². The molecular weight excluding hydrogens is 216 g/mol. The highest BCUT2D eigenvalue weighted by atomic mass is 16.1. The van der Waals surface area contributed by atoms with Crippen molar-refractivity contribution in [3.05, 3.63) is 22.7 Å². The van der Waals surface area contributed by atoms with Crippen LogP contribution in [0.4, 0.5) is 5.82 Å². The molecule has 1 N–H and O–H groups in total. The first-order valence-corrected chi connectivity index (χ1v) is 6.04. The molecule has 2 heterocycles. The van der Waals surface area contributed by atoms with Crippen LogP contribution in [0.5, 0.6) is 0 Å². The summed E-state index contributed by atoms with van der Waals surface area (Å²) in [5.41, 5.74) is -0.0568. The SMILES string of the molecule is CC1CN(C)CCC1Nc1nccn(C)c1=O. The Bertz CT molecular complexity index is 442. The number of hydrogen-bond donors (Lipinski definition) is 1. The van der Waals surface area contributed by atoms with E-state index in [-0.39, 0.29) is 5.56 Å². The van der Waals surface area contributed by atoms with Crippen molar-refractivity contribution in [1.29, 1.82) is 0 Å². The number of anilines is 1. The second kappa shape index (κ2) is 4.87. The van der Waals surface area contributed by atoms with Gasteiger partial charge in [-0.15, -0.1) is 0 Å². The Morgan fingerprint density at radius 1 is 1.47 bits per heavy atom. The van der Waals surface area contributed by atoms with Crippen LogP contribution < -0.4 is 10.9 Å². The number of nitrogens with one attached hydrogen (secondary N) is 1. The van der Waals surface area contributed by atoms with Crippen LogP contribution in [0.15, 0.2) is 17.2 Å². The fourth-order valence-electron chi connectivity index (χ4n) is 2.34. The molecule has 1 aromatic heterocycles. The molecule has 0 aliphatic carbocycles. The van der Waals surface area contributed by atoms with Crippen molar-refractivity contribution in [2.45, 2.75) is 19.4 Å². The maximum atomic E-state index is 11.8. The average molecular weight is 236 g/mol. The highest BCUT2D eigenvalue weighted by molar-refractivity contribution is 5.32. The Morgan fingerprint density at radius 3 is 2.94 bits per heavy atom. The number of hydrogen-bond acceptors (Lipinski definition) is 4. The highest BCUT2D eigenvalue weighted by Gasteiger charge is 2.24. The van der Waals surface area contributed by atoms with E-state index >= 15 is 0 Å². The van der Waals surface area contributed by atoms with E-state index < -0.39 is 0 Å². The highest BCUT2D eigenvalue weighted by Crippen LogP contribution is 2.17. The molecule has 94 valence electrons. The van der Waals surface area contributed by atoms with Gasteiger partial charge in [-0.2, -0.15) is 0 Å². The van der Waals surface area contributed by atoms with Crippen LogP contribution in [-0.2, 0) is 7.05 Å². The lowest BCUT2D eigenvalue weighted by Gasteiger charge is -2.35. The Balaban J connectivity index is 2.11. The Hall–Kier alpha value is -1.36. The van der Waals surface area contributed by atoms with Crippen molar-refractivity contribution in [2.75, 3.05) is 25.5 Å². The van der Waals surface area contributed by atoms with E-state index in [2.05, 4.69) is 29.2 Å². The van der Waals surface area contributed by atoms with Gasteiger partial charge in [-0.25, -0.2) is 4.98 Å². The second-order valence-corrected chi connectivity index (χ2v) is 4.97. The van der Waals surface area contributed by atoms with E-state index in [1.807, 2.05) is 0 Å². The summed E-state index contributed by atoms with van der Waals surface area (Å²) in [4.78, 5) is 18.3. The number of aryl methyl sites for hydroxylation is 1. The predicted octanol–water partition coefficient (Wildman–Crippen LogP) is 0.532. The molecule has 2 rings (SSSR count). The first-order valence-electron chi connectivity index (χ1n) is 6.04. The lowest BCUT2D eigenvalue weighted by atomic mass is 9.94. The normalized spacial score (nSPS) is 25.8. The first kappa shape index (κ1) is 12.1. The van der Waals surface area contributed by atoms with Gasteiger partial charge in [0, 0.05) is 32.0 Å². The second-order valence-electron chi connectivity index (χ2n) is 4.97. The Morgan fingerprint density at radius 2 is 2.24 bits per heavy atom. The minimum Gasteiger partial charge on any atom is -0.362 e. The standard InChI is InChI=1S/C12H20N4O/c1-9-8-15(2)6-4-10(9)14-11-12(17)16(3)7-5-13-11/h5,7,9-10H,4,6,8H2,1-3H3,(H,13,14). The quantitative estimate of drug-likeness (QED) is 0.814. The van der Waals surface area contributed by atoms with Crippen LogP contribution >= 0.6 is 0 Å². The summed E-state index contributed by atoms with van der Waals surface area (Å²) in [6, 6.07) is 0.341. The zero-order chi connectivity index (χ0) is 12.4. The van der Waals surface area contributed by atoms with Crippen molar-refractivity contribution < 1.29 is 0 Å². The summed E-state index contributed by atoms with van der Waals surface area (Å²) in [5.74, 6) is 0.997. The third-order valence-corrected chi connectivity index (χ3v) is 3.45. The summed E-state index contributed by atoms with van der Waals surface area (Å²) in [5, 5.41) is 3.29. The maximum absolute atomic E-state index is 11.8. The monoisotopic (exact) mass is 236 g/mol. The van der Waals surface area contributed by atoms with Crippen LogP contribution in [0.3, 0.4) is 0 Å². The molecule has 5 heteroatoms. The zero-order valence-corrected chi connectivity index (χ0v) is 10.7. The van der Waals surface area contributed by atoms with Crippen LogP contribution in [0.2, 0.25) is 0 Å². The molecular formula is C12H20N4O. The number of nitrogens with zero attached hydrogens (tertiary/aromatic N) is 3. The van der Waals surface area contributed by atoms with Crippen LogP contribution in [0, 0.1) is 5.92 Å². The molecule has 2 unspecified atom stereocenters. The molecule has 0 bridgehead atoms. The van der Waals surface area contributed by atoms with E-state index in [4.69, 9.17) is 0 Å². The van der Waals surface area contributed by atoms with Crippen LogP contribution in [0.1, 0.15) is 13.3 Å². The first-order chi connectivity index (χ1) is 8.08.